The molecule has 6 nitrogen and oxygen atoms in total. The molecule has 100 valence electrons. The van der Waals surface area contributed by atoms with Crippen molar-refractivity contribution in [2.75, 3.05) is 14.2 Å². The monoisotopic (exact) mass is 263 g/mol. The number of esters is 2. The summed E-state index contributed by atoms with van der Waals surface area (Å²) in [5.74, 6) is -2.83. The third-order valence-electron chi connectivity index (χ3n) is 3.88. The molecule has 2 atom stereocenters. The lowest BCUT2D eigenvalue weighted by Gasteiger charge is -2.23. The number of hydrogen-bond acceptors (Lipinski definition) is 6. The lowest BCUT2D eigenvalue weighted by atomic mass is 9.82. The van der Waals surface area contributed by atoms with Crippen LogP contribution >= 0.6 is 0 Å². The van der Waals surface area contributed by atoms with Gasteiger partial charge in [-0.15, -0.1) is 0 Å². The van der Waals surface area contributed by atoms with Crippen molar-refractivity contribution in [3.8, 4) is 6.07 Å². The second-order valence-corrected chi connectivity index (χ2v) is 4.78. The number of nitrogens with zero attached hydrogens (tertiary/aromatic N) is 1. The molecule has 0 radical (unpaired) electrons. The van der Waals surface area contributed by atoms with Gasteiger partial charge >= 0.3 is 11.9 Å². The molecule has 0 bridgehead atoms. The molecule has 0 aromatic heterocycles. The Morgan fingerprint density at radius 3 is 2.42 bits per heavy atom. The molecule has 0 heterocycles. The fraction of sp³-hybridized carbons (Fsp3) is 0.538. The first kappa shape index (κ1) is 13.3. The number of carbonyl (C=O) groups excluding carboxylic acids is 3. The molecule has 0 aromatic rings. The van der Waals surface area contributed by atoms with E-state index in [2.05, 4.69) is 9.47 Å². The summed E-state index contributed by atoms with van der Waals surface area (Å²) in [5, 5.41) is 9.01. The van der Waals surface area contributed by atoms with Crippen LogP contribution in [0.25, 0.3) is 0 Å². The minimum absolute atomic E-state index is 0.0843. The summed E-state index contributed by atoms with van der Waals surface area (Å²) in [4.78, 5) is 35.4. The summed E-state index contributed by atoms with van der Waals surface area (Å²) >= 11 is 0. The SMILES string of the molecule is COC(=O)C1(C(=O)OC)CC2=CC(=O)[C@@H](C#N)[C@H]2C1. The molecule has 0 spiro atoms. The zero-order chi connectivity index (χ0) is 14.2. The molecule has 0 aliphatic heterocycles. The van der Waals surface area contributed by atoms with Crippen molar-refractivity contribution in [2.24, 2.45) is 17.3 Å². The highest BCUT2D eigenvalue weighted by Gasteiger charge is 2.59. The third-order valence-corrected chi connectivity index (χ3v) is 3.88. The maximum Gasteiger partial charge on any atom is 0.323 e. The Hall–Kier alpha value is -2.16. The molecule has 1 fully saturated rings. The average molecular weight is 263 g/mol. The van der Waals surface area contributed by atoms with Crippen molar-refractivity contribution in [3.63, 3.8) is 0 Å². The van der Waals surface area contributed by atoms with Crippen molar-refractivity contribution >= 4 is 17.7 Å². The van der Waals surface area contributed by atoms with Crippen molar-refractivity contribution < 1.29 is 23.9 Å². The zero-order valence-electron chi connectivity index (χ0n) is 10.6. The van der Waals surface area contributed by atoms with E-state index in [0.29, 0.717) is 5.57 Å². The highest BCUT2D eigenvalue weighted by atomic mass is 16.5. The Bertz CT molecular complexity index is 512. The number of ether oxygens (including phenoxy) is 2. The zero-order valence-corrected chi connectivity index (χ0v) is 10.6. The second-order valence-electron chi connectivity index (χ2n) is 4.78. The van der Waals surface area contributed by atoms with E-state index < -0.39 is 29.2 Å². The molecule has 0 unspecified atom stereocenters. The van der Waals surface area contributed by atoms with Gasteiger partial charge in [-0.1, -0.05) is 5.57 Å². The molecular weight excluding hydrogens is 250 g/mol. The largest absolute Gasteiger partial charge is 0.468 e. The van der Waals surface area contributed by atoms with E-state index >= 15 is 0 Å². The van der Waals surface area contributed by atoms with Gasteiger partial charge in [0.25, 0.3) is 0 Å². The predicted octanol–water partition coefficient (Wildman–Crippen LogP) is 0.378. The maximum atomic E-state index is 11.9. The van der Waals surface area contributed by atoms with Crippen LogP contribution in [0.4, 0.5) is 0 Å². The molecule has 0 saturated heterocycles. The van der Waals surface area contributed by atoms with Gasteiger partial charge in [-0.05, 0) is 18.9 Å². The molecule has 1 saturated carbocycles. The Labute approximate surface area is 110 Å². The molecule has 2 aliphatic carbocycles. The number of methoxy groups -OCH3 is 2. The number of allylic oxidation sites excluding steroid dienone is 2. The normalized spacial score (nSPS) is 27.2. The molecule has 2 aliphatic rings. The van der Waals surface area contributed by atoms with Gasteiger partial charge in [0.2, 0.25) is 0 Å². The summed E-state index contributed by atoms with van der Waals surface area (Å²) in [7, 11) is 2.39. The fourth-order valence-electron chi connectivity index (χ4n) is 2.96. The Balaban J connectivity index is 2.40. The van der Waals surface area contributed by atoms with Crippen LogP contribution in [0.5, 0.6) is 0 Å². The first-order valence-electron chi connectivity index (χ1n) is 5.81. The van der Waals surface area contributed by atoms with Gasteiger partial charge in [0.05, 0.1) is 20.3 Å². The molecule has 19 heavy (non-hydrogen) atoms. The number of fused-ring (bicyclic) bond motifs is 1. The summed E-state index contributed by atoms with van der Waals surface area (Å²) in [6.45, 7) is 0. The van der Waals surface area contributed by atoms with Crippen molar-refractivity contribution in [2.45, 2.75) is 12.8 Å². The van der Waals surface area contributed by atoms with E-state index in [1.807, 2.05) is 6.07 Å². The van der Waals surface area contributed by atoms with Gasteiger partial charge in [0.1, 0.15) is 5.92 Å². The number of nitriles is 1. The van der Waals surface area contributed by atoms with Gasteiger partial charge < -0.3 is 9.47 Å². The lowest BCUT2D eigenvalue weighted by molar-refractivity contribution is -0.169. The van der Waals surface area contributed by atoms with Crippen LogP contribution in [0.3, 0.4) is 0 Å². The van der Waals surface area contributed by atoms with E-state index in [0.717, 1.165) is 0 Å². The van der Waals surface area contributed by atoms with E-state index in [1.165, 1.54) is 20.3 Å². The summed E-state index contributed by atoms with van der Waals surface area (Å²) in [5.41, 5.74) is -0.761. The first-order chi connectivity index (χ1) is 9.00. The Kier molecular flexibility index (Phi) is 3.14. The Morgan fingerprint density at radius 1 is 1.37 bits per heavy atom. The van der Waals surface area contributed by atoms with Gasteiger partial charge in [-0.3, -0.25) is 14.4 Å². The van der Waals surface area contributed by atoms with Gasteiger partial charge in [-0.2, -0.15) is 5.26 Å². The van der Waals surface area contributed by atoms with Crippen molar-refractivity contribution in [1.82, 2.24) is 0 Å². The van der Waals surface area contributed by atoms with Crippen LogP contribution in [-0.4, -0.2) is 31.9 Å². The Morgan fingerprint density at radius 2 is 1.95 bits per heavy atom. The van der Waals surface area contributed by atoms with Gasteiger partial charge in [0.15, 0.2) is 11.2 Å². The summed E-state index contributed by atoms with van der Waals surface area (Å²) < 4.78 is 9.37. The summed E-state index contributed by atoms with van der Waals surface area (Å²) in [6.07, 6.45) is 1.54. The molecular formula is C13H13NO5. The van der Waals surface area contributed by atoms with Crippen LogP contribution in [0, 0.1) is 28.6 Å². The van der Waals surface area contributed by atoms with Gasteiger partial charge in [-0.25, -0.2) is 0 Å². The van der Waals surface area contributed by atoms with Crippen LogP contribution in [0.2, 0.25) is 0 Å². The van der Waals surface area contributed by atoms with Crippen LogP contribution in [0.15, 0.2) is 11.6 Å². The standard InChI is InChI=1S/C13H13NO5/c1-18-11(16)13(12(17)19-2)4-7-3-10(15)9(6-14)8(7)5-13/h3,8-9H,4-5H2,1-2H3/t8-,9-/m0/s1. The van der Waals surface area contributed by atoms with Crippen LogP contribution < -0.4 is 0 Å². The van der Waals surface area contributed by atoms with Crippen molar-refractivity contribution in [3.05, 3.63) is 11.6 Å². The molecule has 2 rings (SSSR count). The first-order valence-corrected chi connectivity index (χ1v) is 5.81. The number of rotatable bonds is 2. The van der Waals surface area contributed by atoms with Gasteiger partial charge in [0, 0.05) is 5.92 Å². The third kappa shape index (κ3) is 1.73. The highest BCUT2D eigenvalue weighted by Crippen LogP contribution is 2.52. The maximum absolute atomic E-state index is 11.9. The minimum Gasteiger partial charge on any atom is -0.468 e. The van der Waals surface area contributed by atoms with Crippen LogP contribution in [0.1, 0.15) is 12.8 Å². The predicted molar refractivity (Wildman–Crippen MR) is 61.4 cm³/mol. The van der Waals surface area contributed by atoms with E-state index in [-0.39, 0.29) is 18.6 Å². The highest BCUT2D eigenvalue weighted by molar-refractivity contribution is 6.04. The lowest BCUT2D eigenvalue weighted by Crippen LogP contribution is -2.39. The number of carbonyl (C=O) groups is 3. The average Bonchev–Trinajstić information content (AvgIpc) is 2.90. The van der Waals surface area contributed by atoms with E-state index in [4.69, 9.17) is 5.26 Å². The topological polar surface area (TPSA) is 93.5 Å². The van der Waals surface area contributed by atoms with E-state index in [1.54, 1.807) is 0 Å². The molecule has 0 aromatic carbocycles. The smallest absolute Gasteiger partial charge is 0.323 e. The molecule has 0 N–H and O–H groups in total. The van der Waals surface area contributed by atoms with E-state index in [9.17, 15) is 14.4 Å². The van der Waals surface area contributed by atoms with Crippen molar-refractivity contribution in [1.29, 1.82) is 5.26 Å². The second kappa shape index (κ2) is 4.50. The summed E-state index contributed by atoms with van der Waals surface area (Å²) in [6, 6.07) is 1.93. The van der Waals surface area contributed by atoms with Crippen LogP contribution in [-0.2, 0) is 23.9 Å². The number of ketones is 1. The minimum atomic E-state index is -1.42. The fourth-order valence-corrected chi connectivity index (χ4v) is 2.96. The molecule has 0 amide bonds. The molecule has 6 heteroatoms. The number of hydrogen-bond donors (Lipinski definition) is 0. The quantitative estimate of drug-likeness (QED) is 0.528.